The fourth-order valence-corrected chi connectivity index (χ4v) is 3.32. The number of rotatable bonds is 7. The molecule has 0 amide bonds. The van der Waals surface area contributed by atoms with Crippen LogP contribution in [0.5, 0.6) is 0 Å². The van der Waals surface area contributed by atoms with Crippen LogP contribution < -0.4 is 5.56 Å². The standard InChI is InChI=1S/C18H20N4O2S/c1-4-9-22-17(23)13-7-5-6-8-14(13)19-18(22)25-11-16-20-15(21-24-16)10-12(2)3/h4-8,12H,1,9-11H2,2-3H3. The third-order valence-electron chi connectivity index (χ3n) is 3.56. The van der Waals surface area contributed by atoms with Gasteiger partial charge in [-0.05, 0) is 18.1 Å². The molecule has 2 heterocycles. The molecule has 25 heavy (non-hydrogen) atoms. The molecule has 0 aliphatic carbocycles. The van der Waals surface area contributed by atoms with Gasteiger partial charge in [0, 0.05) is 13.0 Å². The molecule has 0 aliphatic heterocycles. The van der Waals surface area contributed by atoms with Gasteiger partial charge in [0.25, 0.3) is 5.56 Å². The SMILES string of the molecule is C=CCn1c(SCc2nc(CC(C)C)no2)nc2ccccc2c1=O. The summed E-state index contributed by atoms with van der Waals surface area (Å²) in [4.78, 5) is 21.7. The summed E-state index contributed by atoms with van der Waals surface area (Å²) in [7, 11) is 0. The largest absolute Gasteiger partial charge is 0.338 e. The van der Waals surface area contributed by atoms with Gasteiger partial charge in [0.2, 0.25) is 5.89 Å². The van der Waals surface area contributed by atoms with E-state index in [-0.39, 0.29) is 5.56 Å². The van der Waals surface area contributed by atoms with Crippen LogP contribution in [0.25, 0.3) is 10.9 Å². The Morgan fingerprint density at radius 2 is 2.12 bits per heavy atom. The average Bonchev–Trinajstić information content (AvgIpc) is 3.02. The van der Waals surface area contributed by atoms with E-state index in [1.54, 1.807) is 16.7 Å². The van der Waals surface area contributed by atoms with Crippen molar-refractivity contribution in [1.82, 2.24) is 19.7 Å². The smallest absolute Gasteiger partial charge is 0.262 e. The summed E-state index contributed by atoms with van der Waals surface area (Å²) in [5.74, 6) is 2.18. The maximum absolute atomic E-state index is 12.7. The zero-order valence-electron chi connectivity index (χ0n) is 14.3. The van der Waals surface area contributed by atoms with Crippen molar-refractivity contribution < 1.29 is 4.52 Å². The lowest BCUT2D eigenvalue weighted by Gasteiger charge is -2.10. The fraction of sp³-hybridized carbons (Fsp3) is 0.333. The summed E-state index contributed by atoms with van der Waals surface area (Å²) in [6.45, 7) is 8.35. The predicted molar refractivity (Wildman–Crippen MR) is 98.6 cm³/mol. The quantitative estimate of drug-likeness (QED) is 0.367. The highest BCUT2D eigenvalue weighted by molar-refractivity contribution is 7.98. The molecule has 0 unspecified atom stereocenters. The molecular formula is C18H20N4O2S. The summed E-state index contributed by atoms with van der Waals surface area (Å²) in [6.07, 6.45) is 2.47. The van der Waals surface area contributed by atoms with E-state index < -0.39 is 0 Å². The van der Waals surface area contributed by atoms with Crippen LogP contribution in [0, 0.1) is 5.92 Å². The Bertz CT molecular complexity index is 946. The molecule has 3 aromatic rings. The molecule has 0 aliphatic rings. The third-order valence-corrected chi connectivity index (χ3v) is 4.53. The Labute approximate surface area is 150 Å². The first-order chi connectivity index (χ1) is 12.1. The van der Waals surface area contributed by atoms with E-state index in [4.69, 9.17) is 4.52 Å². The molecule has 0 N–H and O–H groups in total. The van der Waals surface area contributed by atoms with E-state index in [0.717, 1.165) is 6.42 Å². The van der Waals surface area contributed by atoms with Gasteiger partial charge in [-0.3, -0.25) is 9.36 Å². The first-order valence-corrected chi connectivity index (χ1v) is 9.11. The summed E-state index contributed by atoms with van der Waals surface area (Å²) < 4.78 is 6.90. The van der Waals surface area contributed by atoms with Crippen LogP contribution in [0.4, 0.5) is 0 Å². The van der Waals surface area contributed by atoms with Crippen molar-refractivity contribution in [3.63, 3.8) is 0 Å². The highest BCUT2D eigenvalue weighted by atomic mass is 32.2. The predicted octanol–water partition coefficient (Wildman–Crippen LogP) is 3.46. The van der Waals surface area contributed by atoms with E-state index in [9.17, 15) is 4.79 Å². The molecule has 0 fully saturated rings. The van der Waals surface area contributed by atoms with Crippen LogP contribution in [-0.2, 0) is 18.7 Å². The van der Waals surface area contributed by atoms with E-state index in [1.165, 1.54) is 11.8 Å². The zero-order chi connectivity index (χ0) is 17.8. The lowest BCUT2D eigenvalue weighted by molar-refractivity contribution is 0.382. The summed E-state index contributed by atoms with van der Waals surface area (Å²) in [6, 6.07) is 7.34. The number of thioether (sulfide) groups is 1. The van der Waals surface area contributed by atoms with Crippen LogP contribution in [0.3, 0.4) is 0 Å². The molecule has 0 bridgehead atoms. The lowest BCUT2D eigenvalue weighted by atomic mass is 10.1. The number of benzene rings is 1. The molecule has 0 saturated carbocycles. The van der Waals surface area contributed by atoms with E-state index in [0.29, 0.717) is 46.0 Å². The first-order valence-electron chi connectivity index (χ1n) is 8.13. The van der Waals surface area contributed by atoms with Gasteiger partial charge in [-0.25, -0.2) is 4.98 Å². The van der Waals surface area contributed by atoms with Crippen LogP contribution >= 0.6 is 11.8 Å². The summed E-state index contributed by atoms with van der Waals surface area (Å²) in [5, 5.41) is 5.21. The summed E-state index contributed by atoms with van der Waals surface area (Å²) in [5.41, 5.74) is 0.611. The van der Waals surface area contributed by atoms with Gasteiger partial charge in [0.05, 0.1) is 16.7 Å². The second kappa shape index (κ2) is 7.65. The van der Waals surface area contributed by atoms with Gasteiger partial charge in [0.1, 0.15) is 0 Å². The number of aromatic nitrogens is 4. The number of para-hydroxylation sites is 1. The van der Waals surface area contributed by atoms with E-state index in [1.807, 2.05) is 18.2 Å². The highest BCUT2D eigenvalue weighted by Crippen LogP contribution is 2.21. The maximum Gasteiger partial charge on any atom is 0.262 e. The van der Waals surface area contributed by atoms with E-state index in [2.05, 4.69) is 35.6 Å². The van der Waals surface area contributed by atoms with Crippen molar-refractivity contribution in [2.75, 3.05) is 0 Å². The zero-order valence-corrected chi connectivity index (χ0v) is 15.1. The Hall–Kier alpha value is -2.41. The molecule has 0 spiro atoms. The Kier molecular flexibility index (Phi) is 5.33. The number of nitrogens with zero attached hydrogens (tertiary/aromatic N) is 4. The summed E-state index contributed by atoms with van der Waals surface area (Å²) >= 11 is 1.41. The van der Waals surface area contributed by atoms with Crippen molar-refractivity contribution in [2.24, 2.45) is 5.92 Å². The monoisotopic (exact) mass is 356 g/mol. The normalized spacial score (nSPS) is 11.3. The molecule has 7 heteroatoms. The van der Waals surface area contributed by atoms with Gasteiger partial charge in [-0.1, -0.05) is 49.0 Å². The third kappa shape index (κ3) is 3.99. The molecule has 3 rings (SSSR count). The van der Waals surface area contributed by atoms with Crippen LogP contribution in [-0.4, -0.2) is 19.7 Å². The first kappa shape index (κ1) is 17.4. The van der Waals surface area contributed by atoms with Crippen molar-refractivity contribution in [1.29, 1.82) is 0 Å². The lowest BCUT2D eigenvalue weighted by Crippen LogP contribution is -2.22. The minimum Gasteiger partial charge on any atom is -0.338 e. The van der Waals surface area contributed by atoms with Crippen molar-refractivity contribution in [3.8, 4) is 0 Å². The second-order valence-electron chi connectivity index (χ2n) is 6.11. The van der Waals surface area contributed by atoms with Crippen molar-refractivity contribution >= 4 is 22.7 Å². The topological polar surface area (TPSA) is 73.8 Å². The van der Waals surface area contributed by atoms with Gasteiger partial charge in [-0.15, -0.1) is 6.58 Å². The Balaban J connectivity index is 1.87. The van der Waals surface area contributed by atoms with Crippen LogP contribution in [0.1, 0.15) is 25.6 Å². The van der Waals surface area contributed by atoms with Gasteiger partial charge < -0.3 is 4.52 Å². The fourth-order valence-electron chi connectivity index (χ4n) is 2.47. The van der Waals surface area contributed by atoms with Crippen LogP contribution in [0.15, 0.2) is 51.4 Å². The Morgan fingerprint density at radius 3 is 2.88 bits per heavy atom. The van der Waals surface area contributed by atoms with E-state index >= 15 is 0 Å². The minimum absolute atomic E-state index is 0.0703. The molecule has 0 saturated heterocycles. The molecule has 0 radical (unpaired) electrons. The second-order valence-corrected chi connectivity index (χ2v) is 7.05. The maximum atomic E-state index is 12.7. The Morgan fingerprint density at radius 1 is 1.32 bits per heavy atom. The van der Waals surface area contributed by atoms with Gasteiger partial charge in [-0.2, -0.15) is 4.98 Å². The van der Waals surface area contributed by atoms with Crippen molar-refractivity contribution in [3.05, 3.63) is 59.0 Å². The molecule has 1 aromatic carbocycles. The number of allylic oxidation sites excluding steroid dienone is 1. The van der Waals surface area contributed by atoms with Gasteiger partial charge >= 0.3 is 0 Å². The minimum atomic E-state index is -0.0703. The average molecular weight is 356 g/mol. The molecule has 2 aromatic heterocycles. The molecular weight excluding hydrogens is 336 g/mol. The molecule has 6 nitrogen and oxygen atoms in total. The number of hydrogen-bond acceptors (Lipinski definition) is 6. The molecule has 0 atom stereocenters. The number of fused-ring (bicyclic) bond motifs is 1. The van der Waals surface area contributed by atoms with Crippen molar-refractivity contribution in [2.45, 2.75) is 37.7 Å². The molecule has 130 valence electrons. The highest BCUT2D eigenvalue weighted by Gasteiger charge is 2.13. The number of hydrogen-bond donors (Lipinski definition) is 0. The van der Waals surface area contributed by atoms with Gasteiger partial charge in [0.15, 0.2) is 11.0 Å². The van der Waals surface area contributed by atoms with Crippen LogP contribution in [0.2, 0.25) is 0 Å².